The lowest BCUT2D eigenvalue weighted by atomic mass is 10.6. The minimum absolute atomic E-state index is 0.0210. The molecule has 0 bridgehead atoms. The van der Waals surface area contributed by atoms with Crippen LogP contribution in [-0.4, -0.2) is 44.1 Å². The highest BCUT2D eigenvalue weighted by atomic mass is 31.2. The van der Waals surface area contributed by atoms with Gasteiger partial charge in [-0.15, -0.1) is 0 Å². The Morgan fingerprint density at radius 3 is 2.35 bits per heavy atom. The quantitative estimate of drug-likeness (QED) is 0.144. The normalized spacial score (nSPS) is 13.3. The third kappa shape index (κ3) is 11.9. The van der Waals surface area contributed by atoms with Gasteiger partial charge in [0.15, 0.2) is 6.79 Å². The molecule has 0 saturated heterocycles. The standard InChI is InChI=1S/C11H19O8P/c1-4-11(12)16-6-8-19-20(13,14)18-7-5-15-9-17-10(2)3/h4H,1-2,5-9H2,3H3,(H,13,14). The molecule has 0 spiro atoms. The van der Waals surface area contributed by atoms with E-state index in [2.05, 4.69) is 26.9 Å². The van der Waals surface area contributed by atoms with Crippen molar-refractivity contribution in [3.8, 4) is 0 Å². The predicted octanol–water partition coefficient (Wildman–Crippen LogP) is 1.37. The summed E-state index contributed by atoms with van der Waals surface area (Å²) in [5, 5.41) is 0. The summed E-state index contributed by atoms with van der Waals surface area (Å²) in [6.07, 6.45) is 0.972. The molecule has 0 heterocycles. The van der Waals surface area contributed by atoms with Crippen molar-refractivity contribution in [1.82, 2.24) is 0 Å². The van der Waals surface area contributed by atoms with Crippen LogP contribution in [0.15, 0.2) is 25.0 Å². The van der Waals surface area contributed by atoms with E-state index in [1.165, 1.54) is 0 Å². The van der Waals surface area contributed by atoms with Crippen molar-refractivity contribution >= 4 is 13.8 Å². The van der Waals surface area contributed by atoms with E-state index in [-0.39, 0.29) is 33.2 Å². The second-order valence-corrected chi connectivity index (χ2v) is 4.83. The molecule has 0 aromatic rings. The highest BCUT2D eigenvalue weighted by Crippen LogP contribution is 2.42. The van der Waals surface area contributed by atoms with E-state index in [0.717, 1.165) is 6.08 Å². The largest absolute Gasteiger partial charge is 0.473 e. The number of carbonyl (C=O) groups is 1. The van der Waals surface area contributed by atoms with Crippen LogP contribution in [-0.2, 0) is 32.6 Å². The zero-order valence-corrected chi connectivity index (χ0v) is 12.2. The van der Waals surface area contributed by atoms with Crippen LogP contribution in [0.2, 0.25) is 0 Å². The molecule has 0 aliphatic carbocycles. The fraction of sp³-hybridized carbons (Fsp3) is 0.545. The zero-order chi connectivity index (χ0) is 15.4. The Bertz CT molecular complexity index is 367. The maximum atomic E-state index is 11.3. The molecule has 0 rings (SSSR count). The summed E-state index contributed by atoms with van der Waals surface area (Å²) >= 11 is 0. The van der Waals surface area contributed by atoms with Crippen LogP contribution >= 0.6 is 7.82 Å². The molecular weight excluding hydrogens is 291 g/mol. The second-order valence-electron chi connectivity index (χ2n) is 3.38. The molecule has 0 aromatic heterocycles. The van der Waals surface area contributed by atoms with Crippen LogP contribution in [0.1, 0.15) is 6.92 Å². The fourth-order valence-electron chi connectivity index (χ4n) is 0.804. The van der Waals surface area contributed by atoms with Gasteiger partial charge in [0.05, 0.1) is 25.6 Å². The number of phosphoric ester groups is 1. The Labute approximate surface area is 117 Å². The summed E-state index contributed by atoms with van der Waals surface area (Å²) < 4.78 is 34.8. The van der Waals surface area contributed by atoms with Gasteiger partial charge in [0.25, 0.3) is 0 Å². The molecule has 1 unspecified atom stereocenters. The van der Waals surface area contributed by atoms with Crippen LogP contribution in [0.5, 0.6) is 0 Å². The number of allylic oxidation sites excluding steroid dienone is 1. The first-order valence-electron chi connectivity index (χ1n) is 5.64. The Morgan fingerprint density at radius 2 is 1.80 bits per heavy atom. The van der Waals surface area contributed by atoms with E-state index >= 15 is 0 Å². The lowest BCUT2D eigenvalue weighted by molar-refractivity contribution is -0.138. The molecule has 0 aliphatic rings. The van der Waals surface area contributed by atoms with E-state index < -0.39 is 13.8 Å². The van der Waals surface area contributed by atoms with E-state index in [1.54, 1.807) is 6.92 Å². The zero-order valence-electron chi connectivity index (χ0n) is 11.3. The summed E-state index contributed by atoms with van der Waals surface area (Å²) in [5.74, 6) is -0.149. The van der Waals surface area contributed by atoms with Crippen LogP contribution in [0.25, 0.3) is 0 Å². The molecule has 0 aliphatic heterocycles. The lowest BCUT2D eigenvalue weighted by Gasteiger charge is -2.12. The van der Waals surface area contributed by atoms with Crippen molar-refractivity contribution in [3.05, 3.63) is 25.0 Å². The van der Waals surface area contributed by atoms with Crippen LogP contribution in [0.4, 0.5) is 0 Å². The van der Waals surface area contributed by atoms with Crippen LogP contribution in [0.3, 0.4) is 0 Å². The number of hydrogen-bond donors (Lipinski definition) is 1. The average molecular weight is 310 g/mol. The smallest absolute Gasteiger partial charge is 0.472 e. The molecule has 0 saturated carbocycles. The van der Waals surface area contributed by atoms with Gasteiger partial charge in [-0.05, 0) is 6.92 Å². The third-order valence-electron chi connectivity index (χ3n) is 1.62. The van der Waals surface area contributed by atoms with E-state index in [1.807, 2.05) is 0 Å². The number of carbonyl (C=O) groups excluding carboxylic acids is 1. The SMILES string of the molecule is C=CC(=O)OCCOP(=O)(O)OCCOCOC(=C)C. The Kier molecular flexibility index (Phi) is 9.96. The predicted molar refractivity (Wildman–Crippen MR) is 69.6 cm³/mol. The molecule has 1 N–H and O–H groups in total. The summed E-state index contributed by atoms with van der Waals surface area (Å²) in [4.78, 5) is 19.9. The summed E-state index contributed by atoms with van der Waals surface area (Å²) in [6.45, 7) is 7.77. The van der Waals surface area contributed by atoms with Gasteiger partial charge in [-0.3, -0.25) is 9.05 Å². The van der Waals surface area contributed by atoms with Crippen molar-refractivity contribution in [2.24, 2.45) is 0 Å². The van der Waals surface area contributed by atoms with Gasteiger partial charge >= 0.3 is 13.8 Å². The Balaban J connectivity index is 3.58. The molecule has 116 valence electrons. The summed E-state index contributed by atoms with van der Waals surface area (Å²) in [6, 6.07) is 0. The van der Waals surface area contributed by atoms with Gasteiger partial charge in [0, 0.05) is 6.08 Å². The van der Waals surface area contributed by atoms with Crippen molar-refractivity contribution in [2.75, 3.05) is 33.2 Å². The first kappa shape index (κ1) is 18.8. The monoisotopic (exact) mass is 310 g/mol. The number of hydrogen-bond acceptors (Lipinski definition) is 7. The first-order valence-corrected chi connectivity index (χ1v) is 7.14. The molecule has 9 heteroatoms. The van der Waals surface area contributed by atoms with Gasteiger partial charge in [0.2, 0.25) is 0 Å². The van der Waals surface area contributed by atoms with Gasteiger partial charge in [-0.1, -0.05) is 13.2 Å². The van der Waals surface area contributed by atoms with E-state index in [0.29, 0.717) is 5.76 Å². The van der Waals surface area contributed by atoms with Gasteiger partial charge in [-0.2, -0.15) is 0 Å². The highest BCUT2D eigenvalue weighted by Gasteiger charge is 2.20. The third-order valence-corrected chi connectivity index (χ3v) is 2.64. The number of ether oxygens (including phenoxy) is 3. The molecule has 0 fully saturated rings. The maximum absolute atomic E-state index is 11.3. The second kappa shape index (κ2) is 10.6. The van der Waals surface area contributed by atoms with Gasteiger partial charge in [-0.25, -0.2) is 9.36 Å². The maximum Gasteiger partial charge on any atom is 0.472 e. The number of esters is 1. The van der Waals surface area contributed by atoms with Crippen molar-refractivity contribution in [1.29, 1.82) is 0 Å². The molecule has 8 nitrogen and oxygen atoms in total. The molecule has 1 atom stereocenters. The molecule has 0 aromatic carbocycles. The van der Waals surface area contributed by atoms with E-state index in [9.17, 15) is 14.3 Å². The topological polar surface area (TPSA) is 101 Å². The first-order chi connectivity index (χ1) is 9.37. The number of rotatable bonds is 12. The number of phosphoric acid groups is 1. The Morgan fingerprint density at radius 1 is 1.20 bits per heavy atom. The van der Waals surface area contributed by atoms with Crippen LogP contribution < -0.4 is 0 Å². The van der Waals surface area contributed by atoms with E-state index in [4.69, 9.17) is 9.47 Å². The lowest BCUT2D eigenvalue weighted by Crippen LogP contribution is -2.10. The molecule has 0 amide bonds. The summed E-state index contributed by atoms with van der Waals surface area (Å²) in [5.41, 5.74) is 0. The van der Waals surface area contributed by atoms with Gasteiger partial charge in [0.1, 0.15) is 6.61 Å². The average Bonchev–Trinajstić information content (AvgIpc) is 2.38. The van der Waals surface area contributed by atoms with Crippen LogP contribution in [0, 0.1) is 0 Å². The molecule has 0 radical (unpaired) electrons. The minimum Gasteiger partial charge on any atom is -0.473 e. The highest BCUT2D eigenvalue weighted by molar-refractivity contribution is 7.47. The minimum atomic E-state index is -4.18. The fourth-order valence-corrected chi connectivity index (χ4v) is 1.49. The Hall–Kier alpha value is -1.18. The molecular formula is C11H19O8P. The van der Waals surface area contributed by atoms with Gasteiger partial charge < -0.3 is 19.1 Å². The van der Waals surface area contributed by atoms with Crippen molar-refractivity contribution < 1.29 is 37.5 Å². The van der Waals surface area contributed by atoms with Crippen molar-refractivity contribution in [3.63, 3.8) is 0 Å². The molecule has 20 heavy (non-hydrogen) atoms. The summed E-state index contributed by atoms with van der Waals surface area (Å²) in [7, 11) is -4.18. The van der Waals surface area contributed by atoms with Crippen molar-refractivity contribution in [2.45, 2.75) is 6.92 Å².